The summed E-state index contributed by atoms with van der Waals surface area (Å²) >= 11 is 0. The van der Waals surface area contributed by atoms with Crippen LogP contribution in [0, 0.1) is 0 Å². The highest BCUT2D eigenvalue weighted by atomic mass is 19.3. The van der Waals surface area contributed by atoms with Crippen molar-refractivity contribution in [1.82, 2.24) is 10.6 Å². The van der Waals surface area contributed by atoms with Gasteiger partial charge in [-0.1, -0.05) is 48.5 Å². The lowest BCUT2D eigenvalue weighted by atomic mass is 9.98. The maximum absolute atomic E-state index is 13.4. The smallest absolute Gasteiger partial charge is 0.407 e. The Labute approximate surface area is 188 Å². The van der Waals surface area contributed by atoms with E-state index in [0.717, 1.165) is 29.2 Å². The summed E-state index contributed by atoms with van der Waals surface area (Å²) in [6.45, 7) is 0.000421. The maximum atomic E-state index is 13.4. The van der Waals surface area contributed by atoms with Crippen LogP contribution in [0.25, 0.3) is 11.1 Å². The molecule has 2 atom stereocenters. The molecule has 2 aromatic carbocycles. The van der Waals surface area contributed by atoms with Gasteiger partial charge in [0.25, 0.3) is 6.43 Å². The number of fused-ring (bicyclic) bond motifs is 3. The Morgan fingerprint density at radius 2 is 1.61 bits per heavy atom. The number of nitrogens with one attached hydrogen (secondary N) is 2. The monoisotopic (exact) mass is 462 g/mol. The van der Waals surface area contributed by atoms with Crippen LogP contribution in [0.2, 0.25) is 0 Å². The van der Waals surface area contributed by atoms with E-state index in [0.29, 0.717) is 0 Å². The van der Waals surface area contributed by atoms with E-state index in [2.05, 4.69) is 0 Å². The third-order valence-corrected chi connectivity index (χ3v) is 5.56. The molecule has 10 heteroatoms. The van der Waals surface area contributed by atoms with Crippen molar-refractivity contribution in [2.24, 2.45) is 0 Å². The van der Waals surface area contributed by atoms with Gasteiger partial charge in [-0.2, -0.15) is 0 Å². The van der Waals surface area contributed by atoms with Crippen molar-refractivity contribution in [2.45, 2.75) is 37.3 Å². The van der Waals surface area contributed by atoms with Gasteiger partial charge in [0.05, 0.1) is 13.0 Å². The predicted molar refractivity (Wildman–Crippen MR) is 114 cm³/mol. The number of carbonyl (C=O) groups excluding carboxylic acids is 2. The van der Waals surface area contributed by atoms with Crippen molar-refractivity contribution in [1.29, 1.82) is 0 Å². The number of carboxylic acid groups (broad SMARTS) is 1. The third-order valence-electron chi connectivity index (χ3n) is 5.56. The molecule has 2 aromatic rings. The van der Waals surface area contributed by atoms with E-state index in [1.54, 1.807) is 0 Å². The molecule has 0 saturated heterocycles. The van der Waals surface area contributed by atoms with Crippen molar-refractivity contribution < 1.29 is 38.1 Å². The minimum atomic E-state index is -3.11. The third kappa shape index (κ3) is 5.28. The van der Waals surface area contributed by atoms with Crippen LogP contribution in [0.1, 0.15) is 30.4 Å². The van der Waals surface area contributed by atoms with Gasteiger partial charge in [-0.3, -0.25) is 4.79 Å². The topological polar surface area (TPSA) is 125 Å². The number of carboxylic acids is 1. The molecular formula is C23H24F2N2O6. The second-order valence-corrected chi connectivity index (χ2v) is 7.96. The number of alkyl halides is 2. The van der Waals surface area contributed by atoms with Crippen LogP contribution >= 0.6 is 0 Å². The van der Waals surface area contributed by atoms with E-state index < -0.39 is 49.0 Å². The first-order chi connectivity index (χ1) is 15.7. The fourth-order valence-electron chi connectivity index (χ4n) is 3.71. The Balaban J connectivity index is 1.62. The lowest BCUT2D eigenvalue weighted by molar-refractivity contribution is -0.148. The number of carbonyl (C=O) groups is 3. The number of ether oxygens (including phenoxy) is 1. The van der Waals surface area contributed by atoms with Gasteiger partial charge in [-0.15, -0.1) is 0 Å². The summed E-state index contributed by atoms with van der Waals surface area (Å²) in [6.07, 6.45) is -5.13. The molecule has 0 radical (unpaired) electrons. The molecule has 1 aliphatic rings. The molecule has 33 heavy (non-hydrogen) atoms. The number of hydrogen-bond acceptors (Lipinski definition) is 5. The molecule has 8 nitrogen and oxygen atoms in total. The first-order valence-electron chi connectivity index (χ1n) is 10.2. The van der Waals surface area contributed by atoms with E-state index in [1.807, 2.05) is 59.2 Å². The zero-order valence-electron chi connectivity index (χ0n) is 17.8. The second kappa shape index (κ2) is 9.95. The highest BCUT2D eigenvalue weighted by molar-refractivity contribution is 5.87. The number of rotatable bonds is 9. The molecule has 0 fully saturated rings. The number of alkyl carbamates (subject to hydrolysis) is 1. The Morgan fingerprint density at radius 3 is 2.09 bits per heavy atom. The van der Waals surface area contributed by atoms with Gasteiger partial charge >= 0.3 is 12.1 Å². The van der Waals surface area contributed by atoms with Crippen LogP contribution in [-0.2, 0) is 14.3 Å². The quantitative estimate of drug-likeness (QED) is 0.454. The number of aliphatic hydroxyl groups excluding tert-OH is 1. The summed E-state index contributed by atoms with van der Waals surface area (Å²) in [6, 6.07) is 13.3. The number of halogens is 2. The number of hydrogen-bond donors (Lipinski definition) is 4. The van der Waals surface area contributed by atoms with Gasteiger partial charge in [-0.05, 0) is 29.2 Å². The van der Waals surface area contributed by atoms with Crippen LogP contribution in [0.3, 0.4) is 0 Å². The molecule has 4 N–H and O–H groups in total. The van der Waals surface area contributed by atoms with Gasteiger partial charge in [-0.25, -0.2) is 18.4 Å². The van der Waals surface area contributed by atoms with Gasteiger partial charge < -0.3 is 25.6 Å². The van der Waals surface area contributed by atoms with Crippen LogP contribution in [0.15, 0.2) is 48.5 Å². The summed E-state index contributed by atoms with van der Waals surface area (Å²) in [5.74, 6) is -2.87. The van der Waals surface area contributed by atoms with E-state index in [9.17, 15) is 28.3 Å². The lowest BCUT2D eigenvalue weighted by Gasteiger charge is -2.25. The summed E-state index contributed by atoms with van der Waals surface area (Å²) < 4.78 is 32.0. The summed E-state index contributed by atoms with van der Waals surface area (Å²) in [5.41, 5.74) is 1.89. The van der Waals surface area contributed by atoms with E-state index >= 15 is 0 Å². The van der Waals surface area contributed by atoms with Crippen molar-refractivity contribution in [3.8, 4) is 11.1 Å². The van der Waals surface area contributed by atoms with E-state index in [1.165, 1.54) is 0 Å². The van der Waals surface area contributed by atoms with Gasteiger partial charge in [0.1, 0.15) is 12.6 Å². The van der Waals surface area contributed by atoms with Crippen molar-refractivity contribution in [3.05, 3.63) is 59.7 Å². The molecular weight excluding hydrogens is 438 g/mol. The minimum absolute atomic E-state index is 0.0936. The normalized spacial score (nSPS) is 15.2. The molecule has 2 amide bonds. The molecule has 0 spiro atoms. The van der Waals surface area contributed by atoms with Gasteiger partial charge in [0.2, 0.25) is 5.91 Å². The van der Waals surface area contributed by atoms with Crippen molar-refractivity contribution in [2.75, 3.05) is 13.2 Å². The SMILES string of the molecule is CC(CO)(NC(=O)CC(NC(=O)OCC1c2ccccc2-c2ccccc21)C(F)F)C(=O)O. The van der Waals surface area contributed by atoms with Gasteiger partial charge in [0, 0.05) is 5.92 Å². The fraction of sp³-hybridized carbons (Fsp3) is 0.348. The average molecular weight is 462 g/mol. The summed E-state index contributed by atoms with van der Waals surface area (Å²) in [5, 5.41) is 22.2. The molecule has 0 saturated carbocycles. The largest absolute Gasteiger partial charge is 0.479 e. The Bertz CT molecular complexity index is 1000. The molecule has 176 valence electrons. The molecule has 2 unspecified atom stereocenters. The second-order valence-electron chi connectivity index (χ2n) is 7.96. The predicted octanol–water partition coefficient (Wildman–Crippen LogP) is 2.50. The first-order valence-corrected chi connectivity index (χ1v) is 10.2. The Kier molecular flexibility index (Phi) is 7.27. The number of aliphatic carboxylic acids is 1. The zero-order chi connectivity index (χ0) is 24.2. The Morgan fingerprint density at radius 1 is 1.06 bits per heavy atom. The standard InChI is InChI=1S/C23H24F2N2O6/c1-23(12-28,21(30)31)27-19(29)10-18(20(24)25)26-22(32)33-11-17-15-8-4-2-6-13(15)14-7-3-5-9-16(14)17/h2-9,17-18,20,28H,10-12H2,1H3,(H,26,32)(H,27,29)(H,30,31). The van der Waals surface area contributed by atoms with Crippen LogP contribution < -0.4 is 10.6 Å². The van der Waals surface area contributed by atoms with Gasteiger partial charge in [0.15, 0.2) is 5.54 Å². The number of amides is 2. The fourth-order valence-corrected chi connectivity index (χ4v) is 3.71. The van der Waals surface area contributed by atoms with E-state index in [-0.39, 0.29) is 12.5 Å². The van der Waals surface area contributed by atoms with Crippen LogP contribution in [0.4, 0.5) is 13.6 Å². The molecule has 0 aromatic heterocycles. The molecule has 1 aliphatic carbocycles. The minimum Gasteiger partial charge on any atom is -0.479 e. The summed E-state index contributed by atoms with van der Waals surface area (Å²) in [4.78, 5) is 35.4. The maximum Gasteiger partial charge on any atom is 0.407 e. The average Bonchev–Trinajstić information content (AvgIpc) is 3.10. The highest BCUT2D eigenvalue weighted by Crippen LogP contribution is 2.44. The zero-order valence-corrected chi connectivity index (χ0v) is 17.8. The Hall–Kier alpha value is -3.53. The molecule has 3 rings (SSSR count). The van der Waals surface area contributed by atoms with Crippen molar-refractivity contribution in [3.63, 3.8) is 0 Å². The number of aliphatic hydroxyl groups is 1. The highest BCUT2D eigenvalue weighted by Gasteiger charge is 2.36. The van der Waals surface area contributed by atoms with Crippen LogP contribution in [0.5, 0.6) is 0 Å². The lowest BCUT2D eigenvalue weighted by Crippen LogP contribution is -2.56. The summed E-state index contributed by atoms with van der Waals surface area (Å²) in [7, 11) is 0. The molecule has 0 aliphatic heterocycles. The van der Waals surface area contributed by atoms with E-state index in [4.69, 9.17) is 9.84 Å². The number of benzene rings is 2. The van der Waals surface area contributed by atoms with Crippen LogP contribution in [-0.4, -0.2) is 59.4 Å². The van der Waals surface area contributed by atoms with Crippen molar-refractivity contribution >= 4 is 18.0 Å². The molecule has 0 heterocycles. The molecule has 0 bridgehead atoms. The first kappa shape index (κ1) is 24.1.